The van der Waals surface area contributed by atoms with Crippen molar-refractivity contribution in [3.05, 3.63) is 42.7 Å². The molecule has 1 saturated heterocycles. The van der Waals surface area contributed by atoms with Crippen molar-refractivity contribution >= 4 is 9.84 Å². The predicted octanol–water partition coefficient (Wildman–Crippen LogP) is 1.46. The molecule has 6 nitrogen and oxygen atoms in total. The predicted molar refractivity (Wildman–Crippen MR) is 87.7 cm³/mol. The van der Waals surface area contributed by atoms with Crippen LogP contribution < -0.4 is 0 Å². The Morgan fingerprint density at radius 2 is 1.87 bits per heavy atom. The van der Waals surface area contributed by atoms with Gasteiger partial charge in [0.15, 0.2) is 9.84 Å². The van der Waals surface area contributed by atoms with Gasteiger partial charge in [-0.3, -0.25) is 4.68 Å². The van der Waals surface area contributed by atoms with Gasteiger partial charge in [-0.2, -0.15) is 0 Å². The number of rotatable bonds is 6. The maximum atomic E-state index is 12.3. The molecule has 0 aliphatic carbocycles. The molecule has 0 atom stereocenters. The second kappa shape index (κ2) is 7.23. The normalized spacial score (nSPS) is 17.4. The number of sulfone groups is 1. The van der Waals surface area contributed by atoms with Crippen LogP contribution in [0.4, 0.5) is 0 Å². The average molecular weight is 334 g/mol. The molecule has 7 heteroatoms. The van der Waals surface area contributed by atoms with Crippen molar-refractivity contribution < 1.29 is 8.42 Å². The van der Waals surface area contributed by atoms with E-state index in [1.54, 1.807) is 30.5 Å². The molecule has 1 aromatic carbocycles. The molecule has 0 N–H and O–H groups in total. The van der Waals surface area contributed by atoms with Crippen molar-refractivity contribution in [3.63, 3.8) is 0 Å². The number of aromatic nitrogens is 3. The molecule has 1 aliphatic heterocycles. The first-order valence-electron chi connectivity index (χ1n) is 7.98. The van der Waals surface area contributed by atoms with Crippen LogP contribution in [0.3, 0.4) is 0 Å². The third-order valence-electron chi connectivity index (χ3n) is 4.40. The molecule has 124 valence electrons. The van der Waals surface area contributed by atoms with E-state index in [-0.39, 0.29) is 5.75 Å². The highest BCUT2D eigenvalue weighted by atomic mass is 32.2. The molecule has 2 aromatic rings. The molecule has 0 saturated carbocycles. The van der Waals surface area contributed by atoms with E-state index in [4.69, 9.17) is 0 Å². The quantitative estimate of drug-likeness (QED) is 0.800. The second-order valence-electron chi connectivity index (χ2n) is 6.04. The molecular formula is C16H22N4O2S. The lowest BCUT2D eigenvalue weighted by atomic mass is 9.97. The Morgan fingerprint density at radius 1 is 1.13 bits per heavy atom. The van der Waals surface area contributed by atoms with Gasteiger partial charge in [0.25, 0.3) is 0 Å². The van der Waals surface area contributed by atoms with Gasteiger partial charge in [0, 0.05) is 19.3 Å². The van der Waals surface area contributed by atoms with Crippen LogP contribution in [0, 0.1) is 5.92 Å². The summed E-state index contributed by atoms with van der Waals surface area (Å²) in [4.78, 5) is 2.67. The van der Waals surface area contributed by atoms with Crippen molar-refractivity contribution in [1.82, 2.24) is 19.9 Å². The van der Waals surface area contributed by atoms with E-state index in [9.17, 15) is 8.42 Å². The van der Waals surface area contributed by atoms with Crippen LogP contribution in [0.5, 0.6) is 0 Å². The Labute approximate surface area is 137 Å². The zero-order valence-electron chi connectivity index (χ0n) is 13.1. The molecular weight excluding hydrogens is 312 g/mol. The van der Waals surface area contributed by atoms with Crippen molar-refractivity contribution in [2.45, 2.75) is 24.3 Å². The van der Waals surface area contributed by atoms with E-state index in [0.717, 1.165) is 32.5 Å². The van der Waals surface area contributed by atoms with E-state index in [1.807, 2.05) is 16.9 Å². The summed E-state index contributed by atoms with van der Waals surface area (Å²) < 4.78 is 26.5. The van der Waals surface area contributed by atoms with Crippen LogP contribution in [0.2, 0.25) is 0 Å². The molecule has 3 rings (SSSR count). The van der Waals surface area contributed by atoms with E-state index in [2.05, 4.69) is 15.2 Å². The van der Waals surface area contributed by atoms with Gasteiger partial charge in [-0.15, -0.1) is 5.10 Å². The smallest absolute Gasteiger partial charge is 0.179 e. The van der Waals surface area contributed by atoms with Crippen LogP contribution in [0.25, 0.3) is 0 Å². The lowest BCUT2D eigenvalue weighted by Crippen LogP contribution is -2.37. The Bertz CT molecular complexity index is 693. The van der Waals surface area contributed by atoms with Gasteiger partial charge in [0.05, 0.1) is 16.8 Å². The van der Waals surface area contributed by atoms with Crippen LogP contribution >= 0.6 is 0 Å². The van der Waals surface area contributed by atoms with Crippen molar-refractivity contribution in [2.24, 2.45) is 5.92 Å². The summed E-state index contributed by atoms with van der Waals surface area (Å²) in [7, 11) is -3.18. The highest BCUT2D eigenvalue weighted by molar-refractivity contribution is 7.91. The molecule has 0 unspecified atom stereocenters. The van der Waals surface area contributed by atoms with Crippen LogP contribution in [0.15, 0.2) is 47.6 Å². The fraction of sp³-hybridized carbons (Fsp3) is 0.500. The summed E-state index contributed by atoms with van der Waals surface area (Å²) in [5, 5.41) is 7.83. The molecule has 0 spiro atoms. The molecule has 1 fully saturated rings. The standard InChI is InChI=1S/C16H22N4O2S/c21-23(22,16-4-2-1-3-5-16)13-12-19-9-6-15(7-10-19)14-20-11-8-17-18-20/h1-5,8,11,15H,6-7,9-10,12-14H2. The number of benzene rings is 1. The van der Waals surface area contributed by atoms with Crippen molar-refractivity contribution in [2.75, 3.05) is 25.4 Å². The van der Waals surface area contributed by atoms with Crippen LogP contribution in [0.1, 0.15) is 12.8 Å². The van der Waals surface area contributed by atoms with Gasteiger partial charge in [0.1, 0.15) is 0 Å². The second-order valence-corrected chi connectivity index (χ2v) is 8.15. The Kier molecular flexibility index (Phi) is 5.07. The Morgan fingerprint density at radius 3 is 2.52 bits per heavy atom. The summed E-state index contributed by atoms with van der Waals surface area (Å²) >= 11 is 0. The Balaban J connectivity index is 1.46. The minimum atomic E-state index is -3.18. The summed E-state index contributed by atoms with van der Waals surface area (Å²) in [6.07, 6.45) is 5.73. The SMILES string of the molecule is O=S(=O)(CCN1CCC(Cn2ccnn2)CC1)c1ccccc1. The van der Waals surface area contributed by atoms with E-state index >= 15 is 0 Å². The van der Waals surface area contributed by atoms with Gasteiger partial charge < -0.3 is 4.90 Å². The van der Waals surface area contributed by atoms with Crippen molar-refractivity contribution in [3.8, 4) is 0 Å². The van der Waals surface area contributed by atoms with E-state index < -0.39 is 9.84 Å². The lowest BCUT2D eigenvalue weighted by molar-refractivity contribution is 0.178. The summed E-state index contributed by atoms with van der Waals surface area (Å²) in [5.74, 6) is 0.781. The van der Waals surface area contributed by atoms with Crippen molar-refractivity contribution in [1.29, 1.82) is 0 Å². The molecule has 1 aromatic heterocycles. The summed E-state index contributed by atoms with van der Waals surface area (Å²) in [5.41, 5.74) is 0. The number of likely N-dealkylation sites (tertiary alicyclic amines) is 1. The minimum absolute atomic E-state index is 0.185. The fourth-order valence-corrected chi connectivity index (χ4v) is 4.29. The third-order valence-corrected chi connectivity index (χ3v) is 6.11. The third kappa shape index (κ3) is 4.39. The van der Waals surface area contributed by atoms with Gasteiger partial charge in [0.2, 0.25) is 0 Å². The largest absolute Gasteiger partial charge is 0.302 e. The van der Waals surface area contributed by atoms with E-state index in [1.165, 1.54) is 0 Å². The van der Waals surface area contributed by atoms with Gasteiger partial charge in [-0.05, 0) is 44.0 Å². The molecule has 23 heavy (non-hydrogen) atoms. The van der Waals surface area contributed by atoms with Gasteiger partial charge in [-0.25, -0.2) is 8.42 Å². The summed E-state index contributed by atoms with van der Waals surface area (Å²) in [6.45, 7) is 3.40. The monoisotopic (exact) mass is 334 g/mol. The lowest BCUT2D eigenvalue weighted by Gasteiger charge is -2.31. The number of hydrogen-bond acceptors (Lipinski definition) is 5. The molecule has 2 heterocycles. The van der Waals surface area contributed by atoms with Gasteiger partial charge in [-0.1, -0.05) is 23.4 Å². The van der Waals surface area contributed by atoms with Crippen LogP contribution in [-0.4, -0.2) is 53.7 Å². The highest BCUT2D eigenvalue weighted by Crippen LogP contribution is 2.19. The molecule has 1 aliphatic rings. The van der Waals surface area contributed by atoms with E-state index in [0.29, 0.717) is 17.4 Å². The molecule has 0 amide bonds. The zero-order chi connectivity index (χ0) is 16.1. The maximum absolute atomic E-state index is 12.3. The minimum Gasteiger partial charge on any atom is -0.302 e. The number of nitrogens with zero attached hydrogens (tertiary/aromatic N) is 4. The maximum Gasteiger partial charge on any atom is 0.179 e. The first kappa shape index (κ1) is 16.1. The molecule has 0 radical (unpaired) electrons. The first-order chi connectivity index (χ1) is 11.1. The van der Waals surface area contributed by atoms with Crippen LogP contribution in [-0.2, 0) is 16.4 Å². The fourth-order valence-electron chi connectivity index (χ4n) is 2.98. The topological polar surface area (TPSA) is 68.1 Å². The number of piperidine rings is 1. The first-order valence-corrected chi connectivity index (χ1v) is 9.63. The highest BCUT2D eigenvalue weighted by Gasteiger charge is 2.22. The average Bonchev–Trinajstić information content (AvgIpc) is 3.08. The number of hydrogen-bond donors (Lipinski definition) is 0. The zero-order valence-corrected chi connectivity index (χ0v) is 13.9. The summed E-state index contributed by atoms with van der Waals surface area (Å²) in [6, 6.07) is 8.70. The Hall–Kier alpha value is -1.73. The molecule has 0 bridgehead atoms. The van der Waals surface area contributed by atoms with Gasteiger partial charge >= 0.3 is 0 Å².